The van der Waals surface area contributed by atoms with Gasteiger partial charge in [0, 0.05) is 21.1 Å². The predicted molar refractivity (Wildman–Crippen MR) is 75.3 cm³/mol. The van der Waals surface area contributed by atoms with Crippen LogP contribution in [0.25, 0.3) is 0 Å². The van der Waals surface area contributed by atoms with Crippen LogP contribution in [0, 0.1) is 0 Å². The number of benzene rings is 1. The van der Waals surface area contributed by atoms with Gasteiger partial charge in [-0.05, 0) is 31.2 Å². The zero-order chi connectivity index (χ0) is 12.3. The van der Waals surface area contributed by atoms with E-state index < -0.39 is 0 Å². The number of Topliss-reactive ketones (excluding diaryl/α,β-unsaturated/α-hetero) is 1. The van der Waals surface area contributed by atoms with Crippen molar-refractivity contribution in [2.24, 2.45) is 0 Å². The fourth-order valence-corrected chi connectivity index (χ4v) is 3.47. The van der Waals surface area contributed by atoms with Crippen molar-refractivity contribution in [2.75, 3.05) is 0 Å². The smallest absolute Gasteiger partial charge is 0.159 e. The maximum atomic E-state index is 11.3. The van der Waals surface area contributed by atoms with Gasteiger partial charge in [-0.2, -0.15) is 0 Å². The van der Waals surface area contributed by atoms with Gasteiger partial charge in [0.1, 0.15) is 0 Å². The molecule has 0 aliphatic rings. The molecule has 17 heavy (non-hydrogen) atoms. The maximum Gasteiger partial charge on any atom is 0.159 e. The van der Waals surface area contributed by atoms with Crippen LogP contribution >= 0.6 is 34.7 Å². The first-order valence-corrected chi connectivity index (χ1v) is 7.31. The number of carbonyl (C=O) groups excluding carboxylic acids is 1. The van der Waals surface area contributed by atoms with E-state index in [1.807, 2.05) is 36.4 Å². The molecule has 1 heterocycles. The van der Waals surface area contributed by atoms with E-state index >= 15 is 0 Å². The molecular formula is C13H11ClOS2. The van der Waals surface area contributed by atoms with Crippen molar-refractivity contribution in [1.29, 1.82) is 0 Å². The Bertz CT molecular complexity index is 534. The molecule has 0 aliphatic carbocycles. The van der Waals surface area contributed by atoms with Crippen LogP contribution in [-0.2, 0) is 5.75 Å². The van der Waals surface area contributed by atoms with Crippen molar-refractivity contribution in [3.63, 3.8) is 0 Å². The fraction of sp³-hybridized carbons (Fsp3) is 0.154. The molecule has 2 rings (SSSR count). The molecule has 0 radical (unpaired) electrons. The molecule has 1 aromatic heterocycles. The summed E-state index contributed by atoms with van der Waals surface area (Å²) in [5.41, 5.74) is 0.763. The molecule has 1 nitrogen and oxygen atoms in total. The van der Waals surface area contributed by atoms with Crippen molar-refractivity contribution in [3.8, 4) is 0 Å². The predicted octanol–water partition coefficient (Wildman–Crippen LogP) is 4.90. The van der Waals surface area contributed by atoms with Crippen molar-refractivity contribution >= 4 is 40.5 Å². The molecule has 0 amide bonds. The highest BCUT2D eigenvalue weighted by atomic mass is 35.5. The first-order chi connectivity index (χ1) is 8.15. The number of ketones is 1. The molecular weight excluding hydrogens is 272 g/mol. The topological polar surface area (TPSA) is 17.1 Å². The summed E-state index contributed by atoms with van der Waals surface area (Å²) in [7, 11) is 0. The highest BCUT2D eigenvalue weighted by molar-refractivity contribution is 7.98. The first kappa shape index (κ1) is 12.7. The third-order valence-corrected chi connectivity index (χ3v) is 4.71. The van der Waals surface area contributed by atoms with E-state index in [2.05, 4.69) is 0 Å². The Kier molecular flexibility index (Phi) is 4.26. The third kappa shape index (κ3) is 3.60. The average Bonchev–Trinajstić information content (AvgIpc) is 2.73. The summed E-state index contributed by atoms with van der Waals surface area (Å²) >= 11 is 9.19. The van der Waals surface area contributed by atoms with Crippen molar-refractivity contribution in [1.82, 2.24) is 0 Å². The molecule has 0 bridgehead atoms. The maximum absolute atomic E-state index is 11.3. The zero-order valence-corrected chi connectivity index (χ0v) is 11.7. The van der Waals surface area contributed by atoms with Gasteiger partial charge in [0.25, 0.3) is 0 Å². The number of thioether (sulfide) groups is 1. The Hall–Kier alpha value is -0.770. The molecule has 88 valence electrons. The summed E-state index contributed by atoms with van der Waals surface area (Å²) in [6, 6.07) is 11.7. The van der Waals surface area contributed by atoms with Gasteiger partial charge < -0.3 is 0 Å². The molecule has 1 aromatic carbocycles. The van der Waals surface area contributed by atoms with E-state index in [9.17, 15) is 4.79 Å². The Morgan fingerprint density at radius 1 is 1.35 bits per heavy atom. The van der Waals surface area contributed by atoms with E-state index in [0.717, 1.165) is 20.5 Å². The Balaban J connectivity index is 2.04. The van der Waals surface area contributed by atoms with Gasteiger partial charge in [-0.25, -0.2) is 0 Å². The second-order valence-electron chi connectivity index (χ2n) is 3.58. The number of hydrogen-bond acceptors (Lipinski definition) is 3. The minimum absolute atomic E-state index is 0.103. The standard InChI is InChI=1S/C13H11ClOS2/c1-9(15)10-3-2-4-11(7-10)16-8-12-5-6-13(14)17-12/h2-7H,8H2,1H3. The number of thiophene rings is 1. The summed E-state index contributed by atoms with van der Waals surface area (Å²) in [6.45, 7) is 1.59. The summed E-state index contributed by atoms with van der Waals surface area (Å²) in [5, 5.41) is 0. The van der Waals surface area contributed by atoms with E-state index in [1.165, 1.54) is 4.88 Å². The SMILES string of the molecule is CC(=O)c1cccc(SCc2ccc(Cl)s2)c1. The average molecular weight is 283 g/mol. The summed E-state index contributed by atoms with van der Waals surface area (Å²) < 4.78 is 0.818. The Morgan fingerprint density at radius 2 is 2.18 bits per heavy atom. The molecule has 0 saturated heterocycles. The monoisotopic (exact) mass is 282 g/mol. The number of rotatable bonds is 4. The van der Waals surface area contributed by atoms with Crippen LogP contribution < -0.4 is 0 Å². The highest BCUT2D eigenvalue weighted by Gasteiger charge is 2.03. The van der Waals surface area contributed by atoms with Crippen LogP contribution in [0.4, 0.5) is 0 Å². The number of carbonyl (C=O) groups is 1. The summed E-state index contributed by atoms with van der Waals surface area (Å²) in [5.74, 6) is 0.991. The fourth-order valence-electron chi connectivity index (χ4n) is 1.39. The normalized spacial score (nSPS) is 10.5. The molecule has 0 fully saturated rings. The third-order valence-electron chi connectivity index (χ3n) is 2.25. The lowest BCUT2D eigenvalue weighted by molar-refractivity contribution is 0.101. The number of hydrogen-bond donors (Lipinski definition) is 0. The second kappa shape index (κ2) is 5.71. The summed E-state index contributed by atoms with van der Waals surface area (Å²) in [6.07, 6.45) is 0. The Morgan fingerprint density at radius 3 is 2.82 bits per heavy atom. The highest BCUT2D eigenvalue weighted by Crippen LogP contribution is 2.29. The minimum Gasteiger partial charge on any atom is -0.295 e. The molecule has 0 aliphatic heterocycles. The molecule has 0 spiro atoms. The zero-order valence-electron chi connectivity index (χ0n) is 9.27. The van der Waals surface area contributed by atoms with Crippen LogP contribution in [0.3, 0.4) is 0 Å². The molecule has 2 aromatic rings. The van der Waals surface area contributed by atoms with Gasteiger partial charge in [-0.15, -0.1) is 23.1 Å². The van der Waals surface area contributed by atoms with Gasteiger partial charge in [-0.1, -0.05) is 23.7 Å². The minimum atomic E-state index is 0.103. The Labute approximate surface area is 114 Å². The lowest BCUT2D eigenvalue weighted by Crippen LogP contribution is -1.90. The van der Waals surface area contributed by atoms with Crippen molar-refractivity contribution < 1.29 is 4.79 Å². The van der Waals surface area contributed by atoms with Crippen LogP contribution in [0.2, 0.25) is 4.34 Å². The lowest BCUT2D eigenvalue weighted by atomic mass is 10.2. The molecule has 0 N–H and O–H groups in total. The van der Waals surface area contributed by atoms with Gasteiger partial charge in [0.2, 0.25) is 0 Å². The lowest BCUT2D eigenvalue weighted by Gasteiger charge is -2.01. The van der Waals surface area contributed by atoms with E-state index in [-0.39, 0.29) is 5.78 Å². The van der Waals surface area contributed by atoms with Crippen LogP contribution in [-0.4, -0.2) is 5.78 Å². The van der Waals surface area contributed by atoms with Crippen molar-refractivity contribution in [3.05, 3.63) is 51.2 Å². The van der Waals surface area contributed by atoms with E-state index in [4.69, 9.17) is 11.6 Å². The molecule has 0 unspecified atom stereocenters. The van der Waals surface area contributed by atoms with Gasteiger partial charge in [0.05, 0.1) is 4.34 Å². The molecule has 4 heteroatoms. The molecule has 0 atom stereocenters. The van der Waals surface area contributed by atoms with E-state index in [1.54, 1.807) is 30.0 Å². The summed E-state index contributed by atoms with van der Waals surface area (Å²) in [4.78, 5) is 13.6. The van der Waals surface area contributed by atoms with Crippen LogP contribution in [0.15, 0.2) is 41.3 Å². The van der Waals surface area contributed by atoms with Gasteiger partial charge in [-0.3, -0.25) is 4.79 Å². The second-order valence-corrected chi connectivity index (χ2v) is 6.43. The van der Waals surface area contributed by atoms with E-state index in [0.29, 0.717) is 0 Å². The van der Waals surface area contributed by atoms with Gasteiger partial charge in [0.15, 0.2) is 5.78 Å². The van der Waals surface area contributed by atoms with Crippen LogP contribution in [0.1, 0.15) is 22.2 Å². The first-order valence-electron chi connectivity index (χ1n) is 5.13. The largest absolute Gasteiger partial charge is 0.295 e. The molecule has 0 saturated carbocycles. The number of halogens is 1. The van der Waals surface area contributed by atoms with Crippen LogP contribution in [0.5, 0.6) is 0 Å². The van der Waals surface area contributed by atoms with Crippen molar-refractivity contribution in [2.45, 2.75) is 17.6 Å². The quantitative estimate of drug-likeness (QED) is 0.586. The van der Waals surface area contributed by atoms with Gasteiger partial charge >= 0.3 is 0 Å².